The number of thiazole rings is 1. The number of hydrogen-bond acceptors (Lipinski definition) is 7. The Morgan fingerprint density at radius 3 is 3.04 bits per heavy atom. The summed E-state index contributed by atoms with van der Waals surface area (Å²) in [6, 6.07) is 9.06. The van der Waals surface area contributed by atoms with Crippen LogP contribution >= 0.6 is 11.3 Å². The minimum Gasteiger partial charge on any atom is -0.494 e. The van der Waals surface area contributed by atoms with Gasteiger partial charge in [-0.3, -0.25) is 10.1 Å². The fraction of sp³-hybridized carbons (Fsp3) is 0.316. The molecule has 4 rings (SSSR count). The Balaban J connectivity index is 1.42. The molecule has 1 fully saturated rings. The van der Waals surface area contributed by atoms with E-state index in [1.807, 2.05) is 25.1 Å². The molecule has 1 amide bonds. The largest absolute Gasteiger partial charge is 0.494 e. The Labute approximate surface area is 160 Å². The van der Waals surface area contributed by atoms with Gasteiger partial charge in [0, 0.05) is 18.7 Å². The second-order valence-electron chi connectivity index (χ2n) is 6.02. The van der Waals surface area contributed by atoms with Crippen molar-refractivity contribution in [2.24, 2.45) is 0 Å². The Morgan fingerprint density at radius 2 is 2.30 bits per heavy atom. The predicted molar refractivity (Wildman–Crippen MR) is 103 cm³/mol. The van der Waals surface area contributed by atoms with Gasteiger partial charge in [0.1, 0.15) is 11.9 Å². The second-order valence-corrected chi connectivity index (χ2v) is 7.05. The van der Waals surface area contributed by atoms with E-state index in [9.17, 15) is 4.79 Å². The Kier molecular flexibility index (Phi) is 5.17. The molecule has 3 aromatic rings. The number of anilines is 1. The molecule has 7 nitrogen and oxygen atoms in total. The van der Waals surface area contributed by atoms with Gasteiger partial charge in [-0.1, -0.05) is 11.3 Å². The summed E-state index contributed by atoms with van der Waals surface area (Å²) in [5.41, 5.74) is 1.26. The molecule has 0 radical (unpaired) electrons. The average molecular weight is 385 g/mol. The van der Waals surface area contributed by atoms with Gasteiger partial charge in [0.05, 0.1) is 35.6 Å². The molecule has 0 bridgehead atoms. The van der Waals surface area contributed by atoms with Crippen molar-refractivity contribution < 1.29 is 19.0 Å². The molecular weight excluding hydrogens is 366 g/mol. The number of aromatic nitrogens is 2. The number of rotatable bonds is 6. The van der Waals surface area contributed by atoms with Crippen LogP contribution in [0.4, 0.5) is 5.13 Å². The molecule has 1 saturated heterocycles. The third-order valence-corrected chi connectivity index (χ3v) is 5.00. The van der Waals surface area contributed by atoms with E-state index in [4.69, 9.17) is 14.2 Å². The van der Waals surface area contributed by atoms with Crippen LogP contribution in [0, 0.1) is 0 Å². The molecule has 0 spiro atoms. The van der Waals surface area contributed by atoms with E-state index in [2.05, 4.69) is 15.3 Å². The van der Waals surface area contributed by atoms with Crippen LogP contribution in [0.15, 0.2) is 36.5 Å². The van der Waals surface area contributed by atoms with Crippen molar-refractivity contribution in [3.05, 3.63) is 42.1 Å². The van der Waals surface area contributed by atoms with Crippen LogP contribution in [0.3, 0.4) is 0 Å². The van der Waals surface area contributed by atoms with Crippen molar-refractivity contribution in [2.75, 3.05) is 25.1 Å². The van der Waals surface area contributed by atoms with Gasteiger partial charge < -0.3 is 14.2 Å². The molecule has 2 aromatic heterocycles. The number of amides is 1. The molecule has 1 aliphatic heterocycles. The van der Waals surface area contributed by atoms with Gasteiger partial charge >= 0.3 is 0 Å². The fourth-order valence-electron chi connectivity index (χ4n) is 2.75. The summed E-state index contributed by atoms with van der Waals surface area (Å²) in [7, 11) is 0. The van der Waals surface area contributed by atoms with Crippen LogP contribution in [0.25, 0.3) is 10.2 Å². The standard InChI is InChI=1S/C19H19N3O4S/c1-2-25-13-4-5-15-16(9-13)27-19(21-15)22-18(23)12-3-6-17(20-10-12)26-14-7-8-24-11-14/h3-6,9-10,14H,2,7-8,11H2,1H3,(H,21,22,23). The lowest BCUT2D eigenvalue weighted by Crippen LogP contribution is -2.17. The highest BCUT2D eigenvalue weighted by molar-refractivity contribution is 7.22. The number of benzene rings is 1. The predicted octanol–water partition coefficient (Wildman–Crippen LogP) is 3.51. The maximum absolute atomic E-state index is 12.4. The first kappa shape index (κ1) is 17.7. The number of fused-ring (bicyclic) bond motifs is 1. The third kappa shape index (κ3) is 4.17. The van der Waals surface area contributed by atoms with Crippen molar-refractivity contribution >= 4 is 32.6 Å². The van der Waals surface area contributed by atoms with Crippen molar-refractivity contribution in [3.63, 3.8) is 0 Å². The minimum absolute atomic E-state index is 0.0292. The molecule has 140 valence electrons. The quantitative estimate of drug-likeness (QED) is 0.699. The molecule has 3 heterocycles. The van der Waals surface area contributed by atoms with Crippen LogP contribution in [0.5, 0.6) is 11.6 Å². The monoisotopic (exact) mass is 385 g/mol. The van der Waals surface area contributed by atoms with Crippen LogP contribution in [-0.2, 0) is 4.74 Å². The number of hydrogen-bond donors (Lipinski definition) is 1. The Bertz CT molecular complexity index is 936. The number of nitrogens with one attached hydrogen (secondary N) is 1. The lowest BCUT2D eigenvalue weighted by Gasteiger charge is -2.10. The highest BCUT2D eigenvalue weighted by Crippen LogP contribution is 2.29. The van der Waals surface area contributed by atoms with Crippen molar-refractivity contribution in [2.45, 2.75) is 19.4 Å². The lowest BCUT2D eigenvalue weighted by atomic mass is 10.2. The minimum atomic E-state index is -0.262. The zero-order chi connectivity index (χ0) is 18.6. The summed E-state index contributed by atoms with van der Waals surface area (Å²) in [4.78, 5) is 21.1. The normalized spacial score (nSPS) is 16.4. The topological polar surface area (TPSA) is 82.6 Å². The SMILES string of the molecule is CCOc1ccc2nc(NC(=O)c3ccc(OC4CCOC4)nc3)sc2c1. The van der Waals surface area contributed by atoms with Gasteiger partial charge in [-0.25, -0.2) is 9.97 Å². The zero-order valence-corrected chi connectivity index (χ0v) is 15.6. The average Bonchev–Trinajstić information content (AvgIpc) is 3.31. The lowest BCUT2D eigenvalue weighted by molar-refractivity contribution is 0.102. The van der Waals surface area contributed by atoms with E-state index in [-0.39, 0.29) is 12.0 Å². The Morgan fingerprint density at radius 1 is 1.37 bits per heavy atom. The van der Waals surface area contributed by atoms with E-state index in [1.165, 1.54) is 17.5 Å². The molecule has 1 atom stereocenters. The second kappa shape index (κ2) is 7.89. The van der Waals surface area contributed by atoms with Crippen molar-refractivity contribution in [1.29, 1.82) is 0 Å². The number of pyridine rings is 1. The molecular formula is C19H19N3O4S. The van der Waals surface area contributed by atoms with Gasteiger partial charge in [0.25, 0.3) is 5.91 Å². The number of carbonyl (C=O) groups is 1. The molecule has 1 unspecified atom stereocenters. The third-order valence-electron chi connectivity index (χ3n) is 4.07. The van der Waals surface area contributed by atoms with Crippen molar-refractivity contribution in [1.82, 2.24) is 9.97 Å². The number of ether oxygens (including phenoxy) is 3. The molecule has 0 aliphatic carbocycles. The molecule has 0 saturated carbocycles. The maximum atomic E-state index is 12.4. The van der Waals surface area contributed by atoms with Crippen LogP contribution < -0.4 is 14.8 Å². The smallest absolute Gasteiger partial charge is 0.259 e. The summed E-state index contributed by atoms with van der Waals surface area (Å²) >= 11 is 1.40. The number of carbonyl (C=O) groups excluding carboxylic acids is 1. The first-order valence-corrected chi connectivity index (χ1v) is 9.58. The maximum Gasteiger partial charge on any atom is 0.259 e. The summed E-state index contributed by atoms with van der Waals surface area (Å²) in [5, 5.41) is 3.35. The van der Waals surface area contributed by atoms with Gasteiger partial charge in [-0.15, -0.1) is 0 Å². The summed E-state index contributed by atoms with van der Waals surface area (Å²) in [5.74, 6) is 1.02. The van der Waals surface area contributed by atoms with E-state index >= 15 is 0 Å². The van der Waals surface area contributed by atoms with Gasteiger partial charge in [0.2, 0.25) is 5.88 Å². The number of nitrogens with zero attached hydrogens (tertiary/aromatic N) is 2. The van der Waals surface area contributed by atoms with E-state index in [1.54, 1.807) is 12.1 Å². The zero-order valence-electron chi connectivity index (χ0n) is 14.8. The highest BCUT2D eigenvalue weighted by atomic mass is 32.1. The van der Waals surface area contributed by atoms with E-state index in [0.29, 0.717) is 36.4 Å². The summed E-state index contributed by atoms with van der Waals surface area (Å²) in [6.45, 7) is 3.83. The first-order chi connectivity index (χ1) is 13.2. The van der Waals surface area contributed by atoms with Crippen LogP contribution in [0.2, 0.25) is 0 Å². The van der Waals surface area contributed by atoms with Crippen LogP contribution in [0.1, 0.15) is 23.7 Å². The van der Waals surface area contributed by atoms with Gasteiger partial charge in [0.15, 0.2) is 5.13 Å². The van der Waals surface area contributed by atoms with Gasteiger partial charge in [-0.05, 0) is 31.2 Å². The van der Waals surface area contributed by atoms with E-state index in [0.717, 1.165) is 22.4 Å². The molecule has 1 N–H and O–H groups in total. The summed E-state index contributed by atoms with van der Waals surface area (Å²) < 4.78 is 17.4. The fourth-order valence-corrected chi connectivity index (χ4v) is 3.63. The van der Waals surface area contributed by atoms with Crippen LogP contribution in [-0.4, -0.2) is 41.8 Å². The van der Waals surface area contributed by atoms with Crippen molar-refractivity contribution in [3.8, 4) is 11.6 Å². The molecule has 1 aliphatic rings. The molecule has 8 heteroatoms. The Hall–Kier alpha value is -2.71. The highest BCUT2D eigenvalue weighted by Gasteiger charge is 2.18. The molecule has 1 aromatic carbocycles. The summed E-state index contributed by atoms with van der Waals surface area (Å²) in [6.07, 6.45) is 2.38. The van der Waals surface area contributed by atoms with E-state index < -0.39 is 0 Å². The first-order valence-electron chi connectivity index (χ1n) is 8.76. The molecule has 27 heavy (non-hydrogen) atoms. The van der Waals surface area contributed by atoms with Gasteiger partial charge in [-0.2, -0.15) is 0 Å².